The smallest absolute Gasteiger partial charge is 0.144 e. The van der Waals surface area contributed by atoms with E-state index in [1.54, 1.807) is 0 Å². The van der Waals surface area contributed by atoms with Crippen LogP contribution < -0.4 is 11.1 Å². The highest BCUT2D eigenvalue weighted by atomic mass is 16.4. The van der Waals surface area contributed by atoms with Gasteiger partial charge in [-0.15, -0.1) is 0 Å². The van der Waals surface area contributed by atoms with Crippen LogP contribution in [0.5, 0.6) is 0 Å². The van der Waals surface area contributed by atoms with Gasteiger partial charge in [-0.2, -0.15) is 0 Å². The van der Waals surface area contributed by atoms with Gasteiger partial charge in [0.2, 0.25) is 0 Å². The van der Waals surface area contributed by atoms with Crippen LogP contribution in [0.15, 0.2) is 5.16 Å². The third-order valence-corrected chi connectivity index (χ3v) is 4.47. The van der Waals surface area contributed by atoms with E-state index in [9.17, 15) is 0 Å². The van der Waals surface area contributed by atoms with Crippen LogP contribution in [0.1, 0.15) is 52.9 Å². The van der Waals surface area contributed by atoms with Gasteiger partial charge in [0.05, 0.1) is 0 Å². The number of nitrogens with one attached hydrogen (secondary N) is 1. The zero-order valence-corrected chi connectivity index (χ0v) is 13.4. The third kappa shape index (κ3) is 5.67. The topological polar surface area (TPSA) is 73.9 Å². The second kappa shape index (κ2) is 8.47. The summed E-state index contributed by atoms with van der Waals surface area (Å²) in [6.45, 7) is 10.7. The summed E-state index contributed by atoms with van der Waals surface area (Å²) in [5.41, 5.74) is 5.42. The summed E-state index contributed by atoms with van der Waals surface area (Å²) in [5.74, 6) is 0.307. The molecule has 1 fully saturated rings. The lowest BCUT2D eigenvalue weighted by Crippen LogP contribution is -2.39. The van der Waals surface area contributed by atoms with E-state index in [0.717, 1.165) is 25.6 Å². The molecule has 1 saturated heterocycles. The minimum absolute atomic E-state index is 0.247. The molecule has 0 bridgehead atoms. The lowest BCUT2D eigenvalue weighted by molar-refractivity contribution is 0.159. The Hall–Kier alpha value is -0.810. The van der Waals surface area contributed by atoms with Crippen LogP contribution in [-0.4, -0.2) is 48.2 Å². The second-order valence-electron chi connectivity index (χ2n) is 6.60. The Bertz CT molecular complexity index is 304. The van der Waals surface area contributed by atoms with Crippen molar-refractivity contribution in [1.82, 2.24) is 10.2 Å². The molecule has 0 aliphatic carbocycles. The average molecular weight is 284 g/mol. The SMILES string of the molecule is CC1CCCCN1CCCNCCC(C)(C)C(N)=NO. The first kappa shape index (κ1) is 17.2. The van der Waals surface area contributed by atoms with Crippen LogP contribution in [-0.2, 0) is 0 Å². The molecule has 1 heterocycles. The molecule has 0 radical (unpaired) electrons. The van der Waals surface area contributed by atoms with Gasteiger partial charge in [0, 0.05) is 11.5 Å². The zero-order valence-electron chi connectivity index (χ0n) is 13.4. The second-order valence-corrected chi connectivity index (χ2v) is 6.60. The van der Waals surface area contributed by atoms with Crippen molar-refractivity contribution >= 4 is 5.84 Å². The molecule has 1 unspecified atom stereocenters. The van der Waals surface area contributed by atoms with Crippen molar-refractivity contribution in [3.63, 3.8) is 0 Å². The molecule has 1 aliphatic rings. The van der Waals surface area contributed by atoms with Crippen molar-refractivity contribution in [1.29, 1.82) is 0 Å². The minimum Gasteiger partial charge on any atom is -0.409 e. The molecule has 1 aliphatic heterocycles. The Morgan fingerprint density at radius 2 is 2.15 bits per heavy atom. The van der Waals surface area contributed by atoms with Gasteiger partial charge in [0.15, 0.2) is 0 Å². The molecule has 1 rings (SSSR count). The summed E-state index contributed by atoms with van der Waals surface area (Å²) < 4.78 is 0. The quantitative estimate of drug-likeness (QED) is 0.209. The summed E-state index contributed by atoms with van der Waals surface area (Å²) in [7, 11) is 0. The number of hydrogen-bond donors (Lipinski definition) is 3. The van der Waals surface area contributed by atoms with E-state index in [4.69, 9.17) is 10.9 Å². The number of rotatable bonds is 8. The maximum atomic E-state index is 8.72. The van der Waals surface area contributed by atoms with E-state index in [1.807, 2.05) is 13.8 Å². The Balaban J connectivity index is 2.07. The first-order chi connectivity index (χ1) is 9.47. The predicted molar refractivity (Wildman–Crippen MR) is 84.2 cm³/mol. The van der Waals surface area contributed by atoms with E-state index in [1.165, 1.54) is 38.8 Å². The van der Waals surface area contributed by atoms with Gasteiger partial charge < -0.3 is 21.2 Å². The largest absolute Gasteiger partial charge is 0.409 e. The molecule has 0 aromatic carbocycles. The van der Waals surface area contributed by atoms with Crippen LogP contribution in [0.4, 0.5) is 0 Å². The Morgan fingerprint density at radius 3 is 2.80 bits per heavy atom. The predicted octanol–water partition coefficient (Wildman–Crippen LogP) is 2.00. The highest BCUT2D eigenvalue weighted by Crippen LogP contribution is 2.19. The van der Waals surface area contributed by atoms with Crippen LogP contribution in [0.3, 0.4) is 0 Å². The molecule has 0 amide bonds. The summed E-state index contributed by atoms with van der Waals surface area (Å²) in [5, 5.41) is 15.3. The van der Waals surface area contributed by atoms with E-state index >= 15 is 0 Å². The number of nitrogens with zero attached hydrogens (tertiary/aromatic N) is 2. The van der Waals surface area contributed by atoms with Crippen molar-refractivity contribution < 1.29 is 5.21 Å². The standard InChI is InChI=1S/C15H32N4O/c1-13-7-4-5-11-19(13)12-6-9-17-10-8-15(2,3)14(16)18-20/h13,17,20H,4-12H2,1-3H3,(H2,16,18). The van der Waals surface area contributed by atoms with Crippen molar-refractivity contribution in [3.05, 3.63) is 0 Å². The lowest BCUT2D eigenvalue weighted by atomic mass is 9.88. The first-order valence-corrected chi connectivity index (χ1v) is 7.90. The molecule has 1 atom stereocenters. The molecule has 0 saturated carbocycles. The first-order valence-electron chi connectivity index (χ1n) is 7.90. The van der Waals surface area contributed by atoms with Gasteiger partial charge in [0.25, 0.3) is 0 Å². The van der Waals surface area contributed by atoms with E-state index in [0.29, 0.717) is 5.84 Å². The van der Waals surface area contributed by atoms with Gasteiger partial charge in [-0.05, 0) is 58.8 Å². The Kier molecular flexibility index (Phi) is 7.30. The number of nitrogens with two attached hydrogens (primary N) is 1. The van der Waals surface area contributed by atoms with Gasteiger partial charge in [-0.1, -0.05) is 25.4 Å². The van der Waals surface area contributed by atoms with E-state index in [2.05, 4.69) is 22.3 Å². The molecule has 20 heavy (non-hydrogen) atoms. The molecule has 118 valence electrons. The average Bonchev–Trinajstić information content (AvgIpc) is 2.43. The van der Waals surface area contributed by atoms with Gasteiger partial charge in [-0.25, -0.2) is 0 Å². The molecule has 5 nitrogen and oxygen atoms in total. The van der Waals surface area contributed by atoms with Crippen molar-refractivity contribution in [2.24, 2.45) is 16.3 Å². The normalized spacial score (nSPS) is 22.1. The fourth-order valence-electron chi connectivity index (χ4n) is 2.69. The summed E-state index contributed by atoms with van der Waals surface area (Å²) in [6, 6.07) is 0.753. The fraction of sp³-hybridized carbons (Fsp3) is 0.933. The van der Waals surface area contributed by atoms with Crippen LogP contribution in [0.25, 0.3) is 0 Å². The van der Waals surface area contributed by atoms with Crippen LogP contribution in [0, 0.1) is 5.41 Å². The number of oxime groups is 1. The maximum Gasteiger partial charge on any atom is 0.144 e. The monoisotopic (exact) mass is 284 g/mol. The molecular formula is C15H32N4O. The van der Waals surface area contributed by atoms with E-state index < -0.39 is 0 Å². The number of amidine groups is 1. The highest BCUT2D eigenvalue weighted by Gasteiger charge is 2.22. The van der Waals surface area contributed by atoms with Crippen LogP contribution in [0.2, 0.25) is 0 Å². The number of likely N-dealkylation sites (tertiary alicyclic amines) is 1. The highest BCUT2D eigenvalue weighted by molar-refractivity contribution is 5.85. The van der Waals surface area contributed by atoms with Gasteiger partial charge in [0.1, 0.15) is 5.84 Å². The number of piperidine rings is 1. The number of hydrogen-bond acceptors (Lipinski definition) is 4. The molecule has 0 aromatic rings. The minimum atomic E-state index is -0.247. The van der Waals surface area contributed by atoms with Crippen molar-refractivity contribution in [3.8, 4) is 0 Å². The Labute approximate surface area is 123 Å². The molecule has 5 heteroatoms. The van der Waals surface area contributed by atoms with Crippen molar-refractivity contribution in [2.45, 2.75) is 58.9 Å². The van der Waals surface area contributed by atoms with E-state index in [-0.39, 0.29) is 5.41 Å². The molecule has 0 spiro atoms. The lowest BCUT2D eigenvalue weighted by Gasteiger charge is -2.33. The molecule has 4 N–H and O–H groups in total. The van der Waals surface area contributed by atoms with Gasteiger partial charge >= 0.3 is 0 Å². The Morgan fingerprint density at radius 1 is 1.40 bits per heavy atom. The van der Waals surface area contributed by atoms with Gasteiger partial charge in [-0.3, -0.25) is 0 Å². The maximum absolute atomic E-state index is 8.72. The fourth-order valence-corrected chi connectivity index (χ4v) is 2.69. The van der Waals surface area contributed by atoms with Crippen LogP contribution >= 0.6 is 0 Å². The summed E-state index contributed by atoms with van der Waals surface area (Å²) >= 11 is 0. The molecule has 0 aromatic heterocycles. The third-order valence-electron chi connectivity index (χ3n) is 4.47. The zero-order chi connectivity index (χ0) is 15.0. The van der Waals surface area contributed by atoms with Crippen molar-refractivity contribution in [2.75, 3.05) is 26.2 Å². The summed E-state index contributed by atoms with van der Waals surface area (Å²) in [4.78, 5) is 2.60. The molecular weight excluding hydrogens is 252 g/mol. The summed E-state index contributed by atoms with van der Waals surface area (Å²) in [6.07, 6.45) is 6.16.